The minimum atomic E-state index is -0.536. The maximum absolute atomic E-state index is 10.5. The maximum Gasteiger partial charge on any atom is 0.120 e. The largest absolute Gasteiger partial charge is 0.492 e. The molecule has 0 aromatic heterocycles. The van der Waals surface area contributed by atoms with E-state index in [2.05, 4.69) is 35.1 Å². The van der Waals surface area contributed by atoms with E-state index in [4.69, 9.17) is 4.74 Å². The Labute approximate surface area is 136 Å². The molecule has 1 saturated carbocycles. The van der Waals surface area contributed by atoms with Crippen LogP contribution in [0.3, 0.4) is 0 Å². The number of rotatable bonds is 6. The van der Waals surface area contributed by atoms with Crippen molar-refractivity contribution < 1.29 is 9.84 Å². The van der Waals surface area contributed by atoms with Crippen LogP contribution in [0.25, 0.3) is 0 Å². The number of halogens is 1. The molecule has 1 aliphatic carbocycles. The average Bonchev–Trinajstić information content (AvgIpc) is 2.43. The van der Waals surface area contributed by atoms with Gasteiger partial charge >= 0.3 is 0 Å². The summed E-state index contributed by atoms with van der Waals surface area (Å²) in [6.45, 7) is 6.58. The summed E-state index contributed by atoms with van der Waals surface area (Å²) in [6.07, 6.45) is 3.97. The van der Waals surface area contributed by atoms with E-state index in [0.717, 1.165) is 42.5 Å². The van der Waals surface area contributed by atoms with Crippen molar-refractivity contribution >= 4 is 15.9 Å². The van der Waals surface area contributed by atoms with Gasteiger partial charge in [0.05, 0.1) is 5.60 Å². The molecule has 4 heteroatoms. The van der Waals surface area contributed by atoms with Gasteiger partial charge in [0.15, 0.2) is 0 Å². The number of benzene rings is 1. The summed E-state index contributed by atoms with van der Waals surface area (Å²) >= 11 is 3.42. The number of nitrogens with one attached hydrogen (secondary N) is 1. The molecule has 0 bridgehead atoms. The fourth-order valence-corrected chi connectivity index (χ4v) is 3.07. The van der Waals surface area contributed by atoms with Crippen LogP contribution in [0.4, 0.5) is 0 Å². The summed E-state index contributed by atoms with van der Waals surface area (Å²) in [4.78, 5) is 0. The SMILES string of the molecule is CC1(C)CCC(O)(CNCCOc2cccc(Br)c2)CC1. The topological polar surface area (TPSA) is 41.5 Å². The molecule has 21 heavy (non-hydrogen) atoms. The standard InChI is InChI=1S/C17H26BrNO2/c1-16(2)6-8-17(20,9-7-16)13-19-10-11-21-15-5-3-4-14(18)12-15/h3-5,12,19-20H,6-11,13H2,1-2H3. The zero-order chi connectivity index (χ0) is 15.3. The van der Waals surface area contributed by atoms with Gasteiger partial charge in [0.1, 0.15) is 12.4 Å². The quantitative estimate of drug-likeness (QED) is 0.763. The number of hydrogen-bond donors (Lipinski definition) is 2. The van der Waals surface area contributed by atoms with E-state index in [-0.39, 0.29) is 0 Å². The van der Waals surface area contributed by atoms with Crippen LogP contribution >= 0.6 is 15.9 Å². The van der Waals surface area contributed by atoms with Gasteiger partial charge < -0.3 is 15.2 Å². The van der Waals surface area contributed by atoms with E-state index in [1.165, 1.54) is 0 Å². The molecular formula is C17H26BrNO2. The molecule has 0 radical (unpaired) electrons. The van der Waals surface area contributed by atoms with Crippen molar-refractivity contribution in [2.24, 2.45) is 5.41 Å². The molecule has 0 atom stereocenters. The summed E-state index contributed by atoms with van der Waals surface area (Å²) in [6, 6.07) is 7.84. The van der Waals surface area contributed by atoms with Crippen LogP contribution in [0.5, 0.6) is 5.75 Å². The first-order chi connectivity index (χ1) is 9.89. The van der Waals surface area contributed by atoms with Crippen molar-refractivity contribution in [3.63, 3.8) is 0 Å². The summed E-state index contributed by atoms with van der Waals surface area (Å²) in [5.41, 5.74) is -0.151. The molecule has 3 nitrogen and oxygen atoms in total. The highest BCUT2D eigenvalue weighted by Gasteiger charge is 2.36. The molecular weight excluding hydrogens is 330 g/mol. The van der Waals surface area contributed by atoms with Gasteiger partial charge in [-0.2, -0.15) is 0 Å². The van der Waals surface area contributed by atoms with E-state index in [1.807, 2.05) is 24.3 Å². The lowest BCUT2D eigenvalue weighted by Crippen LogP contribution is -2.45. The highest BCUT2D eigenvalue weighted by Crippen LogP contribution is 2.39. The molecule has 2 N–H and O–H groups in total. The van der Waals surface area contributed by atoms with Gasteiger partial charge in [-0.1, -0.05) is 35.8 Å². The van der Waals surface area contributed by atoms with Crippen molar-refractivity contribution in [3.8, 4) is 5.75 Å². The fourth-order valence-electron chi connectivity index (χ4n) is 2.69. The smallest absolute Gasteiger partial charge is 0.120 e. The Morgan fingerprint density at radius 2 is 1.95 bits per heavy atom. The van der Waals surface area contributed by atoms with E-state index in [1.54, 1.807) is 0 Å². The molecule has 1 aliphatic rings. The molecule has 118 valence electrons. The van der Waals surface area contributed by atoms with Gasteiger partial charge in [-0.05, 0) is 49.3 Å². The lowest BCUT2D eigenvalue weighted by atomic mass is 9.71. The lowest BCUT2D eigenvalue weighted by Gasteiger charge is -2.40. The zero-order valence-corrected chi connectivity index (χ0v) is 14.6. The Kier molecular flexibility index (Phi) is 5.69. The lowest BCUT2D eigenvalue weighted by molar-refractivity contribution is -0.0245. The fraction of sp³-hybridized carbons (Fsp3) is 0.647. The van der Waals surface area contributed by atoms with Gasteiger partial charge in [0.25, 0.3) is 0 Å². The molecule has 2 rings (SSSR count). The van der Waals surface area contributed by atoms with E-state index < -0.39 is 5.60 Å². The first-order valence-corrected chi connectivity index (χ1v) is 8.49. The van der Waals surface area contributed by atoms with Crippen molar-refractivity contribution in [1.29, 1.82) is 0 Å². The normalized spacial score (nSPS) is 20.2. The molecule has 0 amide bonds. The molecule has 0 heterocycles. The van der Waals surface area contributed by atoms with Gasteiger partial charge in [0.2, 0.25) is 0 Å². The monoisotopic (exact) mass is 355 g/mol. The molecule has 0 unspecified atom stereocenters. The van der Waals surface area contributed by atoms with Crippen molar-refractivity contribution in [2.45, 2.75) is 45.1 Å². The molecule has 0 aliphatic heterocycles. The Morgan fingerprint density at radius 3 is 2.62 bits per heavy atom. The second kappa shape index (κ2) is 7.12. The van der Waals surface area contributed by atoms with Gasteiger partial charge in [0, 0.05) is 17.6 Å². The second-order valence-corrected chi connectivity index (χ2v) is 7.79. The maximum atomic E-state index is 10.5. The number of hydrogen-bond acceptors (Lipinski definition) is 3. The molecule has 0 spiro atoms. The van der Waals surface area contributed by atoms with Crippen LogP contribution in [0.1, 0.15) is 39.5 Å². The Morgan fingerprint density at radius 1 is 1.24 bits per heavy atom. The summed E-state index contributed by atoms with van der Waals surface area (Å²) in [5.74, 6) is 0.865. The predicted molar refractivity (Wildman–Crippen MR) is 89.7 cm³/mol. The summed E-state index contributed by atoms with van der Waals surface area (Å²) in [7, 11) is 0. The Bertz CT molecular complexity index is 452. The predicted octanol–water partition coefficient (Wildman–Crippen LogP) is 3.75. The van der Waals surface area contributed by atoms with E-state index in [9.17, 15) is 5.11 Å². The molecule has 0 saturated heterocycles. The van der Waals surface area contributed by atoms with Crippen LogP contribution in [0.15, 0.2) is 28.7 Å². The second-order valence-electron chi connectivity index (χ2n) is 6.87. The summed E-state index contributed by atoms with van der Waals surface area (Å²) in [5, 5.41) is 13.9. The number of aliphatic hydroxyl groups is 1. The van der Waals surface area contributed by atoms with Gasteiger partial charge in [-0.25, -0.2) is 0 Å². The van der Waals surface area contributed by atoms with E-state index in [0.29, 0.717) is 18.6 Å². The van der Waals surface area contributed by atoms with Crippen LogP contribution in [-0.2, 0) is 0 Å². The van der Waals surface area contributed by atoms with Crippen LogP contribution < -0.4 is 10.1 Å². The first kappa shape index (κ1) is 16.8. The minimum Gasteiger partial charge on any atom is -0.492 e. The third-order valence-electron chi connectivity index (χ3n) is 4.33. The van der Waals surface area contributed by atoms with Crippen LogP contribution in [0.2, 0.25) is 0 Å². The van der Waals surface area contributed by atoms with Crippen molar-refractivity contribution in [2.75, 3.05) is 19.7 Å². The van der Waals surface area contributed by atoms with Crippen LogP contribution in [0, 0.1) is 5.41 Å². The van der Waals surface area contributed by atoms with E-state index >= 15 is 0 Å². The van der Waals surface area contributed by atoms with Crippen molar-refractivity contribution in [1.82, 2.24) is 5.32 Å². The van der Waals surface area contributed by atoms with Gasteiger partial charge in [-0.15, -0.1) is 0 Å². The molecule has 1 aromatic rings. The molecule has 1 fully saturated rings. The average molecular weight is 356 g/mol. The Balaban J connectivity index is 1.64. The number of ether oxygens (including phenoxy) is 1. The minimum absolute atomic E-state index is 0.385. The third kappa shape index (κ3) is 5.61. The highest BCUT2D eigenvalue weighted by molar-refractivity contribution is 9.10. The zero-order valence-electron chi connectivity index (χ0n) is 13.0. The molecule has 1 aromatic carbocycles. The van der Waals surface area contributed by atoms with Gasteiger partial charge in [-0.3, -0.25) is 0 Å². The first-order valence-electron chi connectivity index (χ1n) is 7.70. The third-order valence-corrected chi connectivity index (χ3v) is 4.83. The summed E-state index contributed by atoms with van der Waals surface area (Å²) < 4.78 is 6.69. The van der Waals surface area contributed by atoms with Crippen LogP contribution in [-0.4, -0.2) is 30.4 Å². The van der Waals surface area contributed by atoms with Crippen molar-refractivity contribution in [3.05, 3.63) is 28.7 Å². The Hall–Kier alpha value is -0.580. The highest BCUT2D eigenvalue weighted by atomic mass is 79.9.